The molecule has 0 aliphatic rings. The Kier molecular flexibility index (Phi) is 39.9. The van der Waals surface area contributed by atoms with Gasteiger partial charge in [0, 0.05) is 12.3 Å². The number of rotatable bonds is 40. The van der Waals surface area contributed by atoms with Crippen LogP contribution in [-0.4, -0.2) is 37.5 Å². The molecule has 0 bridgehead atoms. The van der Waals surface area contributed by atoms with Crippen LogP contribution in [0.1, 0.15) is 232 Å². The van der Waals surface area contributed by atoms with Crippen molar-refractivity contribution in [3.63, 3.8) is 0 Å². The van der Waals surface area contributed by atoms with Crippen LogP contribution < -0.4 is 0 Å². The van der Waals surface area contributed by atoms with Gasteiger partial charge in [0.05, 0.1) is 33.9 Å². The lowest BCUT2D eigenvalue weighted by Gasteiger charge is -2.07. The molecule has 0 radical (unpaired) electrons. The normalized spacial score (nSPS) is 11.4. The molecular weight excluding hydrogens is 615 g/mol. The first-order valence-corrected chi connectivity index (χ1v) is 23.2. The van der Waals surface area contributed by atoms with Gasteiger partial charge in [0.15, 0.2) is 0 Å². The average Bonchev–Trinajstić information content (AvgIpc) is 3.09. The molecule has 286 valence electrons. The van der Waals surface area contributed by atoms with Crippen LogP contribution >= 0.6 is 7.80 Å². The summed E-state index contributed by atoms with van der Waals surface area (Å²) in [6.45, 7) is 5.48. The van der Waals surface area contributed by atoms with E-state index in [-0.39, 0.29) is 24.8 Å². The van der Waals surface area contributed by atoms with Crippen LogP contribution in [-0.2, 0) is 23.6 Å². The van der Waals surface area contributed by atoms with Crippen LogP contribution in [0.2, 0.25) is 0 Å². The third-order valence-electron chi connectivity index (χ3n) is 9.74. The Balaban J connectivity index is 3.36. The second-order valence-electron chi connectivity index (χ2n) is 14.6. The number of unbranched alkanes of at least 4 members (excludes halogenated alkanes) is 30. The van der Waals surface area contributed by atoms with Crippen molar-refractivity contribution in [1.29, 1.82) is 0 Å². The lowest BCUT2D eigenvalue weighted by atomic mass is 10.0. The summed E-state index contributed by atoms with van der Waals surface area (Å²) in [4.78, 5) is 24.0. The van der Waals surface area contributed by atoms with E-state index in [0.29, 0.717) is 25.5 Å². The molecule has 5 nitrogen and oxygen atoms in total. The van der Waals surface area contributed by atoms with Crippen molar-refractivity contribution in [2.75, 3.05) is 25.5 Å². The van der Waals surface area contributed by atoms with E-state index < -0.39 is 7.80 Å². The third-order valence-corrected chi connectivity index (χ3v) is 11.4. The molecule has 0 atom stereocenters. The van der Waals surface area contributed by atoms with Crippen LogP contribution in [0.3, 0.4) is 0 Å². The summed E-state index contributed by atoms with van der Waals surface area (Å²) >= 11 is 0. The van der Waals surface area contributed by atoms with Gasteiger partial charge in [-0.25, -0.2) is 0 Å². The summed E-state index contributed by atoms with van der Waals surface area (Å²) < 4.78 is 22.9. The number of ether oxygens (including phenoxy) is 2. The average molecular weight is 699 g/mol. The predicted molar refractivity (Wildman–Crippen MR) is 209 cm³/mol. The van der Waals surface area contributed by atoms with Gasteiger partial charge in [-0.05, 0) is 12.8 Å². The lowest BCUT2D eigenvalue weighted by molar-refractivity contribution is -0.144. The van der Waals surface area contributed by atoms with Crippen molar-refractivity contribution in [3.8, 4) is 0 Å². The maximum atomic E-state index is 12.3. The quantitative estimate of drug-likeness (QED) is 0.0362. The Hall–Kier alpha value is -0.830. The maximum Gasteiger partial charge on any atom is 0.306 e. The van der Waals surface area contributed by atoms with Crippen molar-refractivity contribution in [2.24, 2.45) is 0 Å². The monoisotopic (exact) mass is 699 g/mol. The van der Waals surface area contributed by atoms with Gasteiger partial charge in [0.1, 0.15) is 0 Å². The second kappa shape index (κ2) is 40.6. The SMILES string of the molecule is CCCCCCCCCCCCCCCCCCOC(=O)CC[PH](=O)CCC(=O)OCCCCCCCCCCCCCCCCCC. The molecule has 0 saturated carbocycles. The summed E-state index contributed by atoms with van der Waals surface area (Å²) in [5.41, 5.74) is 0. The summed E-state index contributed by atoms with van der Waals surface area (Å²) in [5, 5.41) is 0. The van der Waals surface area contributed by atoms with Gasteiger partial charge in [-0.3, -0.25) is 9.59 Å². The molecule has 0 fully saturated rings. The first kappa shape index (κ1) is 47.2. The topological polar surface area (TPSA) is 69.7 Å². The summed E-state index contributed by atoms with van der Waals surface area (Å²) in [6, 6.07) is 0. The van der Waals surface area contributed by atoms with Crippen LogP contribution in [0.15, 0.2) is 0 Å². The Bertz CT molecular complexity index is 642. The maximum absolute atomic E-state index is 12.3. The number of carbonyl (C=O) groups excluding carboxylic acids is 2. The number of hydrogen-bond donors (Lipinski definition) is 0. The van der Waals surface area contributed by atoms with Gasteiger partial charge >= 0.3 is 11.9 Å². The highest BCUT2D eigenvalue weighted by atomic mass is 31.1. The van der Waals surface area contributed by atoms with Crippen LogP contribution in [0.25, 0.3) is 0 Å². The molecule has 48 heavy (non-hydrogen) atoms. The summed E-state index contributed by atoms with van der Waals surface area (Å²) in [7, 11) is -1.95. The third kappa shape index (κ3) is 39.6. The number of esters is 2. The smallest absolute Gasteiger partial charge is 0.306 e. The van der Waals surface area contributed by atoms with Crippen molar-refractivity contribution in [1.82, 2.24) is 0 Å². The lowest BCUT2D eigenvalue weighted by Crippen LogP contribution is -2.09. The predicted octanol–water partition coefficient (Wildman–Crippen LogP) is 13.9. The largest absolute Gasteiger partial charge is 0.466 e. The molecule has 0 heterocycles. The van der Waals surface area contributed by atoms with Gasteiger partial charge in [-0.15, -0.1) is 0 Å². The molecule has 0 aliphatic heterocycles. The van der Waals surface area contributed by atoms with Crippen molar-refractivity contribution in [2.45, 2.75) is 232 Å². The van der Waals surface area contributed by atoms with Crippen LogP contribution in [0.5, 0.6) is 0 Å². The first-order chi connectivity index (χ1) is 23.6. The minimum atomic E-state index is -1.95. The highest BCUT2D eigenvalue weighted by Crippen LogP contribution is 2.23. The van der Waals surface area contributed by atoms with E-state index in [9.17, 15) is 14.2 Å². The Morgan fingerprint density at radius 2 is 0.562 bits per heavy atom. The fourth-order valence-electron chi connectivity index (χ4n) is 6.42. The zero-order valence-corrected chi connectivity index (χ0v) is 33.4. The molecule has 6 heteroatoms. The van der Waals surface area contributed by atoms with Gasteiger partial charge in [-0.1, -0.05) is 206 Å². The molecule has 0 amide bonds. The molecular formula is C42H83O5P. The Morgan fingerprint density at radius 3 is 0.792 bits per heavy atom. The molecule has 0 aromatic heterocycles. The van der Waals surface area contributed by atoms with E-state index in [1.165, 1.54) is 180 Å². The van der Waals surface area contributed by atoms with E-state index in [1.807, 2.05) is 0 Å². The summed E-state index contributed by atoms with van der Waals surface area (Å²) in [5.74, 6) is -0.527. The van der Waals surface area contributed by atoms with E-state index in [2.05, 4.69) is 13.8 Å². The molecule has 0 unspecified atom stereocenters. The second-order valence-corrected chi connectivity index (χ2v) is 16.7. The molecule has 0 saturated heterocycles. The van der Waals surface area contributed by atoms with E-state index in [1.54, 1.807) is 0 Å². The zero-order chi connectivity index (χ0) is 35.0. The van der Waals surface area contributed by atoms with Crippen molar-refractivity contribution in [3.05, 3.63) is 0 Å². The van der Waals surface area contributed by atoms with E-state index in [0.717, 1.165) is 25.7 Å². The van der Waals surface area contributed by atoms with Gasteiger partial charge in [0.25, 0.3) is 0 Å². The molecule has 0 rings (SSSR count). The molecule has 0 aromatic rings. The Morgan fingerprint density at radius 1 is 0.354 bits per heavy atom. The minimum absolute atomic E-state index is 0.185. The van der Waals surface area contributed by atoms with Crippen molar-refractivity contribution >= 4 is 19.7 Å². The highest BCUT2D eigenvalue weighted by molar-refractivity contribution is 7.44. The van der Waals surface area contributed by atoms with Crippen molar-refractivity contribution < 1.29 is 23.6 Å². The van der Waals surface area contributed by atoms with Gasteiger partial charge in [-0.2, -0.15) is 0 Å². The molecule has 0 N–H and O–H groups in total. The fraction of sp³-hybridized carbons (Fsp3) is 0.952. The molecule has 0 aromatic carbocycles. The van der Waals surface area contributed by atoms with Gasteiger partial charge < -0.3 is 14.0 Å². The number of hydrogen-bond acceptors (Lipinski definition) is 5. The standard InChI is InChI=1S/C42H83O5P/c1-3-5-7-9-11-13-15-17-19-21-23-25-27-29-31-33-37-46-41(43)35-39-48(45)40-36-42(44)47-38-34-32-30-28-26-24-22-20-18-16-14-12-10-8-6-4-2/h48H,3-40H2,1-2H3. The van der Waals surface area contributed by atoms with Gasteiger partial charge in [0.2, 0.25) is 0 Å². The van der Waals surface area contributed by atoms with Crippen LogP contribution in [0, 0.1) is 0 Å². The van der Waals surface area contributed by atoms with Crippen LogP contribution in [0.4, 0.5) is 0 Å². The molecule has 0 spiro atoms. The number of carbonyl (C=O) groups is 2. The highest BCUT2D eigenvalue weighted by Gasteiger charge is 2.10. The zero-order valence-electron chi connectivity index (χ0n) is 32.4. The van der Waals surface area contributed by atoms with E-state index >= 15 is 0 Å². The summed E-state index contributed by atoms with van der Waals surface area (Å²) in [6.07, 6.45) is 43.3. The first-order valence-electron chi connectivity index (χ1n) is 21.4. The van der Waals surface area contributed by atoms with E-state index in [4.69, 9.17) is 9.47 Å². The minimum Gasteiger partial charge on any atom is -0.466 e. The Labute approximate surface area is 300 Å². The molecule has 0 aliphatic carbocycles. The fourth-order valence-corrected chi connectivity index (χ4v) is 7.64.